The highest BCUT2D eigenvalue weighted by atomic mass is 32.2. The monoisotopic (exact) mass is 481 g/mol. The van der Waals surface area contributed by atoms with Gasteiger partial charge in [-0.05, 0) is 42.5 Å². The van der Waals surface area contributed by atoms with Crippen LogP contribution in [0, 0.1) is 5.41 Å². The van der Waals surface area contributed by atoms with Gasteiger partial charge in [-0.15, -0.1) is 0 Å². The first-order valence-electron chi connectivity index (χ1n) is 10.6. The third kappa shape index (κ3) is 3.23. The van der Waals surface area contributed by atoms with E-state index in [-0.39, 0.29) is 31.6 Å². The molecule has 3 aliphatic rings. The second-order valence-electron chi connectivity index (χ2n) is 8.68. The quantitative estimate of drug-likeness (QED) is 0.446. The van der Waals surface area contributed by atoms with Gasteiger partial charge >= 0.3 is 5.97 Å². The first-order chi connectivity index (χ1) is 15.6. The van der Waals surface area contributed by atoms with Crippen molar-refractivity contribution >= 4 is 27.8 Å². The van der Waals surface area contributed by atoms with E-state index >= 15 is 0 Å². The SMILES string of the molecule is COC(=O)[C@@]12CC(=O)CC[C@@]13c1cc(OC)c(OC)cc1CCCN3C(=O)[C@@H]2OS(C)(=O)=O. The maximum Gasteiger partial charge on any atom is 0.318 e. The summed E-state index contributed by atoms with van der Waals surface area (Å²) in [5, 5.41) is 0. The Hall–Kier alpha value is -2.66. The first-order valence-corrected chi connectivity index (χ1v) is 12.4. The number of rotatable bonds is 5. The number of hydrogen-bond acceptors (Lipinski definition) is 9. The lowest BCUT2D eigenvalue weighted by molar-refractivity contribution is -0.172. The van der Waals surface area contributed by atoms with Crippen molar-refractivity contribution in [2.45, 2.75) is 43.7 Å². The van der Waals surface area contributed by atoms with Crippen LogP contribution in [0.15, 0.2) is 12.1 Å². The fraction of sp³-hybridized carbons (Fsp3) is 0.591. The predicted molar refractivity (Wildman–Crippen MR) is 114 cm³/mol. The molecule has 1 aromatic carbocycles. The van der Waals surface area contributed by atoms with Gasteiger partial charge in [0.1, 0.15) is 11.2 Å². The third-order valence-electron chi connectivity index (χ3n) is 7.08. The van der Waals surface area contributed by atoms with Crippen LogP contribution in [-0.2, 0) is 45.4 Å². The number of amides is 1. The molecule has 1 aromatic rings. The maximum atomic E-state index is 13.7. The van der Waals surface area contributed by atoms with Crippen LogP contribution in [0.5, 0.6) is 11.5 Å². The Balaban J connectivity index is 2.10. The molecule has 10 nitrogen and oxygen atoms in total. The van der Waals surface area contributed by atoms with Gasteiger partial charge in [-0.1, -0.05) is 0 Å². The summed E-state index contributed by atoms with van der Waals surface area (Å²) in [7, 11) is -0.0139. The highest BCUT2D eigenvalue weighted by Crippen LogP contribution is 2.63. The average Bonchev–Trinajstić information content (AvgIpc) is 2.88. The van der Waals surface area contributed by atoms with Crippen LogP contribution >= 0.6 is 0 Å². The second-order valence-corrected chi connectivity index (χ2v) is 10.3. The van der Waals surface area contributed by atoms with Crippen LogP contribution in [0.4, 0.5) is 0 Å². The molecule has 0 radical (unpaired) electrons. The summed E-state index contributed by atoms with van der Waals surface area (Å²) < 4.78 is 45.7. The number of hydrogen-bond donors (Lipinski definition) is 0. The number of ether oxygens (including phenoxy) is 3. The van der Waals surface area contributed by atoms with Crippen molar-refractivity contribution in [3.8, 4) is 11.5 Å². The molecule has 4 rings (SSSR count). The second kappa shape index (κ2) is 7.98. The van der Waals surface area contributed by atoms with E-state index in [2.05, 4.69) is 0 Å². The molecule has 0 bridgehead atoms. The number of carbonyl (C=O) groups excluding carboxylic acids is 3. The Kier molecular flexibility index (Phi) is 5.68. The van der Waals surface area contributed by atoms with Gasteiger partial charge in [0.05, 0.1) is 33.1 Å². The molecular formula is C22H27NO9S. The highest BCUT2D eigenvalue weighted by molar-refractivity contribution is 7.86. The Bertz CT molecular complexity index is 1130. The standard InChI is InChI=1S/C22H27NO9S/c1-29-16-10-13-6-5-9-23-19(25)18(32-33(4,27)28)21(20(26)31-3)12-14(24)7-8-22(21,23)15(13)11-17(16)30-2/h10-11,18H,5-9,12H2,1-4H3/t18-,21-,22+/m0/s1. The van der Waals surface area contributed by atoms with Crippen molar-refractivity contribution in [1.82, 2.24) is 4.90 Å². The van der Waals surface area contributed by atoms with Crippen molar-refractivity contribution in [2.24, 2.45) is 5.41 Å². The van der Waals surface area contributed by atoms with Gasteiger partial charge in [-0.25, -0.2) is 0 Å². The molecule has 1 saturated carbocycles. The van der Waals surface area contributed by atoms with Gasteiger partial charge in [0.25, 0.3) is 16.0 Å². The van der Waals surface area contributed by atoms with Crippen molar-refractivity contribution in [2.75, 3.05) is 34.1 Å². The summed E-state index contributed by atoms with van der Waals surface area (Å²) in [6, 6.07) is 3.52. The zero-order chi connectivity index (χ0) is 24.2. The predicted octanol–water partition coefficient (Wildman–Crippen LogP) is 0.945. The van der Waals surface area contributed by atoms with Crippen LogP contribution in [0.25, 0.3) is 0 Å². The van der Waals surface area contributed by atoms with Gasteiger partial charge in [0.15, 0.2) is 17.6 Å². The van der Waals surface area contributed by atoms with Crippen molar-refractivity contribution in [1.29, 1.82) is 0 Å². The molecule has 1 spiro atoms. The molecule has 2 fully saturated rings. The molecule has 0 unspecified atom stereocenters. The Morgan fingerprint density at radius 1 is 1.09 bits per heavy atom. The number of Topliss-reactive ketones (excluding diaryl/α,β-unsaturated/α-hetero) is 1. The van der Waals surface area contributed by atoms with Crippen molar-refractivity contribution < 1.29 is 41.2 Å². The zero-order valence-electron chi connectivity index (χ0n) is 19.0. The number of esters is 1. The Labute approximate surface area is 192 Å². The van der Waals surface area contributed by atoms with Crippen molar-refractivity contribution in [3.63, 3.8) is 0 Å². The average molecular weight is 482 g/mol. The van der Waals surface area contributed by atoms with Crippen LogP contribution in [0.1, 0.15) is 36.8 Å². The molecular weight excluding hydrogens is 454 g/mol. The molecule has 1 aliphatic carbocycles. The molecule has 3 atom stereocenters. The van der Waals surface area contributed by atoms with Crippen LogP contribution in [-0.4, -0.2) is 71.2 Å². The lowest BCUT2D eigenvalue weighted by Gasteiger charge is -2.50. The summed E-state index contributed by atoms with van der Waals surface area (Å²) in [6.45, 7) is 0.259. The largest absolute Gasteiger partial charge is 0.493 e. The Morgan fingerprint density at radius 3 is 2.36 bits per heavy atom. The fourth-order valence-corrected chi connectivity index (χ4v) is 6.50. The van der Waals surface area contributed by atoms with E-state index < -0.39 is 39.1 Å². The molecule has 2 heterocycles. The van der Waals surface area contributed by atoms with E-state index in [4.69, 9.17) is 18.4 Å². The number of ketones is 1. The molecule has 33 heavy (non-hydrogen) atoms. The topological polar surface area (TPSA) is 126 Å². The van der Waals surface area contributed by atoms with Gasteiger partial charge in [0.2, 0.25) is 0 Å². The molecule has 0 N–H and O–H groups in total. The number of carbonyl (C=O) groups is 3. The minimum Gasteiger partial charge on any atom is -0.493 e. The summed E-state index contributed by atoms with van der Waals surface area (Å²) in [6.07, 6.45) is 0.102. The normalized spacial score (nSPS) is 29.0. The van der Waals surface area contributed by atoms with E-state index in [1.807, 2.05) is 0 Å². The van der Waals surface area contributed by atoms with Crippen LogP contribution < -0.4 is 9.47 Å². The lowest BCUT2D eigenvalue weighted by Crippen LogP contribution is -2.61. The van der Waals surface area contributed by atoms with Crippen LogP contribution in [0.2, 0.25) is 0 Å². The number of methoxy groups -OCH3 is 3. The van der Waals surface area contributed by atoms with Gasteiger partial charge in [-0.2, -0.15) is 8.42 Å². The molecule has 0 aromatic heterocycles. The van der Waals surface area contributed by atoms with E-state index in [0.29, 0.717) is 29.9 Å². The van der Waals surface area contributed by atoms with E-state index in [1.54, 1.807) is 12.1 Å². The van der Waals surface area contributed by atoms with Crippen molar-refractivity contribution in [3.05, 3.63) is 23.3 Å². The number of fused-ring (bicyclic) bond motifs is 1. The van der Waals surface area contributed by atoms with Gasteiger partial charge < -0.3 is 19.1 Å². The first kappa shape index (κ1) is 23.5. The number of aryl methyl sites for hydroxylation is 1. The van der Waals surface area contributed by atoms with E-state index in [9.17, 15) is 22.8 Å². The summed E-state index contributed by atoms with van der Waals surface area (Å²) in [5.74, 6) is -0.895. The molecule has 1 amide bonds. The fourth-order valence-electron chi connectivity index (χ4n) is 5.91. The Morgan fingerprint density at radius 2 is 1.76 bits per heavy atom. The van der Waals surface area contributed by atoms with Gasteiger partial charge in [-0.3, -0.25) is 18.6 Å². The molecule has 180 valence electrons. The van der Waals surface area contributed by atoms with E-state index in [1.165, 1.54) is 19.1 Å². The van der Waals surface area contributed by atoms with E-state index in [0.717, 1.165) is 18.9 Å². The third-order valence-corrected chi connectivity index (χ3v) is 7.62. The summed E-state index contributed by atoms with van der Waals surface area (Å²) in [4.78, 5) is 41.5. The van der Waals surface area contributed by atoms with Crippen LogP contribution in [0.3, 0.4) is 0 Å². The minimum atomic E-state index is -4.16. The number of nitrogens with zero attached hydrogens (tertiary/aromatic N) is 1. The zero-order valence-corrected chi connectivity index (χ0v) is 19.8. The highest BCUT2D eigenvalue weighted by Gasteiger charge is 2.76. The summed E-state index contributed by atoms with van der Waals surface area (Å²) in [5.41, 5.74) is -1.78. The molecule has 1 saturated heterocycles. The summed E-state index contributed by atoms with van der Waals surface area (Å²) >= 11 is 0. The van der Waals surface area contributed by atoms with Gasteiger partial charge in [0, 0.05) is 19.4 Å². The smallest absolute Gasteiger partial charge is 0.318 e. The molecule has 2 aliphatic heterocycles. The minimum absolute atomic E-state index is 0.113. The molecule has 11 heteroatoms. The number of benzene rings is 1. The lowest BCUT2D eigenvalue weighted by atomic mass is 9.56. The maximum absolute atomic E-state index is 13.7.